The highest BCUT2D eigenvalue weighted by atomic mass is 127. The smallest absolute Gasteiger partial charge is 0.0555 e. The second kappa shape index (κ2) is 4.37. The Labute approximate surface area is 80.1 Å². The predicted molar refractivity (Wildman–Crippen MR) is 55.1 cm³/mol. The molecule has 0 aliphatic rings. The number of benzene rings is 1. The van der Waals surface area contributed by atoms with Crippen molar-refractivity contribution in [1.82, 2.24) is 0 Å². The van der Waals surface area contributed by atoms with Gasteiger partial charge in [0.05, 0.1) is 6.54 Å². The van der Waals surface area contributed by atoms with Crippen LogP contribution in [-0.4, -0.2) is 6.54 Å². The minimum absolute atomic E-state index is 0.422. The van der Waals surface area contributed by atoms with Gasteiger partial charge in [-0.3, -0.25) is 0 Å². The van der Waals surface area contributed by atoms with E-state index < -0.39 is 0 Å². The molecule has 0 amide bonds. The summed E-state index contributed by atoms with van der Waals surface area (Å²) in [7, 11) is 0. The van der Waals surface area contributed by atoms with Gasteiger partial charge >= 0.3 is 0 Å². The van der Waals surface area contributed by atoms with Crippen molar-refractivity contribution >= 4 is 22.6 Å². The number of halogens is 1. The first-order valence-electron chi connectivity index (χ1n) is 3.27. The molecule has 0 radical (unpaired) electrons. The molecule has 1 nitrogen and oxygen atoms in total. The standard InChI is InChI=1S/C9H8IN/c10-9-5-1-3-8(7-9)4-2-6-11/h1,3,5,7H,6,11H2. The molecule has 0 aliphatic heterocycles. The Morgan fingerprint density at radius 1 is 1.45 bits per heavy atom. The highest BCUT2D eigenvalue weighted by Crippen LogP contribution is 2.05. The quantitative estimate of drug-likeness (QED) is 0.554. The second-order valence-corrected chi connectivity index (χ2v) is 3.26. The summed E-state index contributed by atoms with van der Waals surface area (Å²) in [4.78, 5) is 0. The molecule has 0 unspecified atom stereocenters. The molecule has 11 heavy (non-hydrogen) atoms. The number of hydrogen-bond acceptors (Lipinski definition) is 1. The van der Waals surface area contributed by atoms with Gasteiger partial charge in [-0.2, -0.15) is 0 Å². The molecule has 0 heterocycles. The Morgan fingerprint density at radius 2 is 2.27 bits per heavy atom. The van der Waals surface area contributed by atoms with Crippen LogP contribution in [0.1, 0.15) is 5.56 Å². The van der Waals surface area contributed by atoms with Crippen LogP contribution in [0.25, 0.3) is 0 Å². The summed E-state index contributed by atoms with van der Waals surface area (Å²) in [6.45, 7) is 0.422. The van der Waals surface area contributed by atoms with Gasteiger partial charge in [0.1, 0.15) is 0 Å². The van der Waals surface area contributed by atoms with Gasteiger partial charge < -0.3 is 5.73 Å². The van der Waals surface area contributed by atoms with E-state index in [1.807, 2.05) is 24.3 Å². The fourth-order valence-electron chi connectivity index (χ4n) is 0.719. The lowest BCUT2D eigenvalue weighted by molar-refractivity contribution is 1.30. The molecule has 2 heteroatoms. The predicted octanol–water partition coefficient (Wildman–Crippen LogP) is 1.60. The van der Waals surface area contributed by atoms with E-state index >= 15 is 0 Å². The molecule has 1 rings (SSSR count). The van der Waals surface area contributed by atoms with E-state index in [0.29, 0.717) is 6.54 Å². The van der Waals surface area contributed by atoms with Crippen LogP contribution < -0.4 is 5.73 Å². The van der Waals surface area contributed by atoms with Crippen LogP contribution in [0.5, 0.6) is 0 Å². The van der Waals surface area contributed by atoms with Crippen LogP contribution in [0.15, 0.2) is 24.3 Å². The number of nitrogens with two attached hydrogens (primary N) is 1. The maximum absolute atomic E-state index is 5.24. The van der Waals surface area contributed by atoms with E-state index in [4.69, 9.17) is 5.73 Å². The molecule has 1 aromatic rings. The fourth-order valence-corrected chi connectivity index (χ4v) is 1.26. The molecule has 0 saturated carbocycles. The van der Waals surface area contributed by atoms with Crippen LogP contribution in [0.2, 0.25) is 0 Å². The van der Waals surface area contributed by atoms with Crippen molar-refractivity contribution in [3.63, 3.8) is 0 Å². The summed E-state index contributed by atoms with van der Waals surface area (Å²) in [5.74, 6) is 5.77. The summed E-state index contributed by atoms with van der Waals surface area (Å²) < 4.78 is 1.20. The first-order chi connectivity index (χ1) is 5.33. The van der Waals surface area contributed by atoms with Gasteiger partial charge in [0, 0.05) is 9.13 Å². The van der Waals surface area contributed by atoms with Crippen molar-refractivity contribution < 1.29 is 0 Å². The van der Waals surface area contributed by atoms with Gasteiger partial charge in [0.15, 0.2) is 0 Å². The van der Waals surface area contributed by atoms with Crippen molar-refractivity contribution in [2.75, 3.05) is 6.54 Å². The lowest BCUT2D eigenvalue weighted by atomic mass is 10.2. The van der Waals surface area contributed by atoms with E-state index in [2.05, 4.69) is 34.4 Å². The van der Waals surface area contributed by atoms with E-state index in [9.17, 15) is 0 Å². The van der Waals surface area contributed by atoms with Gasteiger partial charge in [-0.1, -0.05) is 17.9 Å². The van der Waals surface area contributed by atoms with Crippen molar-refractivity contribution in [3.05, 3.63) is 33.4 Å². The topological polar surface area (TPSA) is 26.0 Å². The van der Waals surface area contributed by atoms with Crippen molar-refractivity contribution in [2.45, 2.75) is 0 Å². The molecule has 0 bridgehead atoms. The molecule has 56 valence electrons. The van der Waals surface area contributed by atoms with Gasteiger partial charge in [-0.05, 0) is 40.8 Å². The molecule has 0 saturated heterocycles. The highest BCUT2D eigenvalue weighted by Gasteiger charge is 1.86. The third-order valence-corrected chi connectivity index (χ3v) is 1.83. The number of rotatable bonds is 0. The molecule has 2 N–H and O–H groups in total. The van der Waals surface area contributed by atoms with Crippen LogP contribution in [-0.2, 0) is 0 Å². The molecule has 0 fully saturated rings. The maximum Gasteiger partial charge on any atom is 0.0555 e. The summed E-state index contributed by atoms with van der Waals surface area (Å²) in [6.07, 6.45) is 0. The molecule has 0 aromatic heterocycles. The highest BCUT2D eigenvalue weighted by molar-refractivity contribution is 14.1. The van der Waals surface area contributed by atoms with E-state index in [1.54, 1.807) is 0 Å². The Morgan fingerprint density at radius 3 is 2.91 bits per heavy atom. The largest absolute Gasteiger partial charge is 0.320 e. The van der Waals surface area contributed by atoms with Gasteiger partial charge in [0.2, 0.25) is 0 Å². The zero-order valence-electron chi connectivity index (χ0n) is 5.97. The molecule has 1 aromatic carbocycles. The molecular weight excluding hydrogens is 249 g/mol. The van der Waals surface area contributed by atoms with Crippen molar-refractivity contribution in [3.8, 4) is 11.8 Å². The monoisotopic (exact) mass is 257 g/mol. The third kappa shape index (κ3) is 2.91. The van der Waals surface area contributed by atoms with E-state index in [0.717, 1.165) is 5.56 Å². The third-order valence-electron chi connectivity index (χ3n) is 1.16. The summed E-state index contributed by atoms with van der Waals surface area (Å²) in [6, 6.07) is 8.03. The van der Waals surface area contributed by atoms with Gasteiger partial charge in [-0.25, -0.2) is 0 Å². The summed E-state index contributed by atoms with van der Waals surface area (Å²) in [5, 5.41) is 0. The van der Waals surface area contributed by atoms with Gasteiger partial charge in [0.25, 0.3) is 0 Å². The molecular formula is C9H8IN. The zero-order valence-corrected chi connectivity index (χ0v) is 8.13. The lowest BCUT2D eigenvalue weighted by Gasteiger charge is -1.89. The van der Waals surface area contributed by atoms with Crippen LogP contribution >= 0.6 is 22.6 Å². The Kier molecular flexibility index (Phi) is 3.40. The van der Waals surface area contributed by atoms with Crippen LogP contribution in [0.3, 0.4) is 0 Å². The summed E-state index contributed by atoms with van der Waals surface area (Å²) in [5.41, 5.74) is 6.27. The zero-order chi connectivity index (χ0) is 8.10. The second-order valence-electron chi connectivity index (χ2n) is 2.02. The Hall–Kier alpha value is -0.530. The molecule has 0 spiro atoms. The van der Waals surface area contributed by atoms with Crippen LogP contribution in [0, 0.1) is 15.4 Å². The summed E-state index contributed by atoms with van der Waals surface area (Å²) >= 11 is 2.26. The molecule has 0 aliphatic carbocycles. The first-order valence-corrected chi connectivity index (χ1v) is 4.35. The van der Waals surface area contributed by atoms with Gasteiger partial charge in [-0.15, -0.1) is 0 Å². The lowest BCUT2D eigenvalue weighted by Crippen LogP contribution is -1.92. The van der Waals surface area contributed by atoms with E-state index in [1.165, 1.54) is 3.57 Å². The minimum Gasteiger partial charge on any atom is -0.320 e. The normalized spacial score (nSPS) is 8.55. The maximum atomic E-state index is 5.24. The van der Waals surface area contributed by atoms with Crippen LogP contribution in [0.4, 0.5) is 0 Å². The molecule has 0 atom stereocenters. The first kappa shape index (κ1) is 8.57. The average Bonchev–Trinajstić information content (AvgIpc) is 2.01. The van der Waals surface area contributed by atoms with Crippen molar-refractivity contribution in [2.24, 2.45) is 5.73 Å². The average molecular weight is 257 g/mol. The minimum atomic E-state index is 0.422. The Balaban J connectivity index is 2.87. The van der Waals surface area contributed by atoms with Crippen molar-refractivity contribution in [1.29, 1.82) is 0 Å². The van der Waals surface area contributed by atoms with E-state index in [-0.39, 0.29) is 0 Å². The SMILES string of the molecule is NCC#Cc1cccc(I)c1. The number of hydrogen-bond donors (Lipinski definition) is 1. The fraction of sp³-hybridized carbons (Fsp3) is 0.111. The Bertz CT molecular complexity index is 296.